The summed E-state index contributed by atoms with van der Waals surface area (Å²) in [5, 5.41) is 4.21. The number of nitrogen functional groups attached to an aromatic ring is 1. The molecule has 1 heterocycles. The van der Waals surface area contributed by atoms with Gasteiger partial charge in [0.1, 0.15) is 0 Å². The standard InChI is InChI=1S/C18H20N2O4/c19-15-8-2-5-12-4-1-7-14(17(12)15)18(22)24-11-16(21)20-10-13-6-3-9-23-13/h1-2,4-5,7-8,13H,3,6,9-11,19H2,(H,20,21). The minimum Gasteiger partial charge on any atom is -0.452 e. The molecule has 1 unspecified atom stereocenters. The van der Waals surface area contributed by atoms with Crippen LogP contribution in [0.5, 0.6) is 0 Å². The van der Waals surface area contributed by atoms with Gasteiger partial charge < -0.3 is 20.5 Å². The van der Waals surface area contributed by atoms with E-state index in [0.717, 1.165) is 24.8 Å². The third kappa shape index (κ3) is 3.65. The van der Waals surface area contributed by atoms with Crippen molar-refractivity contribution in [2.24, 2.45) is 0 Å². The minimum atomic E-state index is -0.564. The molecule has 6 heteroatoms. The molecule has 3 N–H and O–H groups in total. The van der Waals surface area contributed by atoms with Crippen molar-refractivity contribution in [2.75, 3.05) is 25.5 Å². The molecule has 1 aliphatic heterocycles. The summed E-state index contributed by atoms with van der Waals surface area (Å²) >= 11 is 0. The van der Waals surface area contributed by atoms with E-state index in [0.29, 0.717) is 23.2 Å². The smallest absolute Gasteiger partial charge is 0.339 e. The van der Waals surface area contributed by atoms with E-state index >= 15 is 0 Å². The molecule has 1 atom stereocenters. The first-order chi connectivity index (χ1) is 11.6. The fourth-order valence-electron chi connectivity index (χ4n) is 2.83. The Morgan fingerprint density at radius 3 is 2.79 bits per heavy atom. The summed E-state index contributed by atoms with van der Waals surface area (Å²) in [6.07, 6.45) is 2.01. The van der Waals surface area contributed by atoms with Crippen molar-refractivity contribution in [1.29, 1.82) is 0 Å². The minimum absolute atomic E-state index is 0.0579. The van der Waals surface area contributed by atoms with Crippen LogP contribution in [-0.2, 0) is 14.3 Å². The second kappa shape index (κ2) is 7.31. The molecule has 126 valence electrons. The summed E-state index contributed by atoms with van der Waals surface area (Å²) in [7, 11) is 0. The molecule has 1 saturated heterocycles. The number of esters is 1. The quantitative estimate of drug-likeness (QED) is 0.646. The third-order valence-electron chi connectivity index (χ3n) is 4.04. The van der Waals surface area contributed by atoms with Crippen molar-refractivity contribution in [3.63, 3.8) is 0 Å². The topological polar surface area (TPSA) is 90.7 Å². The Balaban J connectivity index is 1.60. The highest BCUT2D eigenvalue weighted by Gasteiger charge is 2.18. The van der Waals surface area contributed by atoms with Gasteiger partial charge in [0.25, 0.3) is 5.91 Å². The predicted molar refractivity (Wildman–Crippen MR) is 90.6 cm³/mol. The largest absolute Gasteiger partial charge is 0.452 e. The average Bonchev–Trinajstić information content (AvgIpc) is 3.11. The maximum atomic E-state index is 12.3. The van der Waals surface area contributed by atoms with Crippen LogP contribution in [0.2, 0.25) is 0 Å². The second-order valence-corrected chi connectivity index (χ2v) is 5.77. The number of nitrogens with two attached hydrogens (primary N) is 1. The van der Waals surface area contributed by atoms with Crippen LogP contribution in [0.4, 0.5) is 5.69 Å². The highest BCUT2D eigenvalue weighted by atomic mass is 16.5. The van der Waals surface area contributed by atoms with E-state index in [1.165, 1.54) is 0 Å². The molecule has 0 aliphatic carbocycles. The van der Waals surface area contributed by atoms with E-state index in [1.807, 2.05) is 18.2 Å². The highest BCUT2D eigenvalue weighted by Crippen LogP contribution is 2.25. The normalized spacial score (nSPS) is 16.9. The molecule has 2 aromatic carbocycles. The lowest BCUT2D eigenvalue weighted by Crippen LogP contribution is -2.34. The van der Waals surface area contributed by atoms with E-state index in [-0.39, 0.29) is 18.6 Å². The molecule has 1 amide bonds. The van der Waals surface area contributed by atoms with Crippen LogP contribution in [0.1, 0.15) is 23.2 Å². The van der Waals surface area contributed by atoms with Gasteiger partial charge in [0.05, 0.1) is 11.7 Å². The van der Waals surface area contributed by atoms with Crippen molar-refractivity contribution in [3.05, 3.63) is 42.0 Å². The number of benzene rings is 2. The second-order valence-electron chi connectivity index (χ2n) is 5.77. The predicted octanol–water partition coefficient (Wildman–Crippen LogP) is 1.87. The van der Waals surface area contributed by atoms with Gasteiger partial charge in [-0.1, -0.05) is 24.3 Å². The number of rotatable bonds is 5. The molecule has 1 aliphatic rings. The number of hydrogen-bond acceptors (Lipinski definition) is 5. The molecule has 2 aromatic rings. The maximum Gasteiger partial charge on any atom is 0.339 e. The Morgan fingerprint density at radius 2 is 2.04 bits per heavy atom. The fraction of sp³-hybridized carbons (Fsp3) is 0.333. The van der Waals surface area contributed by atoms with Crippen LogP contribution in [0.3, 0.4) is 0 Å². The first kappa shape index (κ1) is 16.3. The Hall–Kier alpha value is -2.60. The average molecular weight is 328 g/mol. The van der Waals surface area contributed by atoms with Gasteiger partial charge in [0.2, 0.25) is 0 Å². The zero-order chi connectivity index (χ0) is 16.9. The Bertz CT molecular complexity index is 749. The lowest BCUT2D eigenvalue weighted by atomic mass is 10.0. The summed E-state index contributed by atoms with van der Waals surface area (Å²) in [6.45, 7) is 0.851. The Morgan fingerprint density at radius 1 is 1.25 bits per heavy atom. The van der Waals surface area contributed by atoms with Crippen molar-refractivity contribution in [1.82, 2.24) is 5.32 Å². The van der Waals surface area contributed by atoms with E-state index in [4.69, 9.17) is 15.2 Å². The summed E-state index contributed by atoms with van der Waals surface area (Å²) in [6, 6.07) is 10.7. The number of anilines is 1. The van der Waals surface area contributed by atoms with Crippen molar-refractivity contribution < 1.29 is 19.1 Å². The molecule has 24 heavy (non-hydrogen) atoms. The fourth-order valence-corrected chi connectivity index (χ4v) is 2.83. The van der Waals surface area contributed by atoms with Crippen LogP contribution in [0.15, 0.2) is 36.4 Å². The first-order valence-corrected chi connectivity index (χ1v) is 7.98. The van der Waals surface area contributed by atoms with Gasteiger partial charge in [-0.3, -0.25) is 4.79 Å². The molecule has 3 rings (SSSR count). The summed E-state index contributed by atoms with van der Waals surface area (Å²) < 4.78 is 10.5. The summed E-state index contributed by atoms with van der Waals surface area (Å²) in [5.41, 5.74) is 6.83. The van der Waals surface area contributed by atoms with Crippen LogP contribution >= 0.6 is 0 Å². The third-order valence-corrected chi connectivity index (χ3v) is 4.04. The Labute approximate surface area is 139 Å². The maximum absolute atomic E-state index is 12.3. The summed E-state index contributed by atoms with van der Waals surface area (Å²) in [5.74, 6) is -0.905. The molecule has 0 radical (unpaired) electrons. The molecule has 0 spiro atoms. The van der Waals surface area contributed by atoms with Gasteiger partial charge in [-0.05, 0) is 30.4 Å². The lowest BCUT2D eigenvalue weighted by molar-refractivity contribution is -0.124. The highest BCUT2D eigenvalue weighted by molar-refractivity contribution is 6.09. The van der Waals surface area contributed by atoms with Crippen LogP contribution in [0.25, 0.3) is 10.8 Å². The molecule has 0 bridgehead atoms. The van der Waals surface area contributed by atoms with Crippen molar-refractivity contribution >= 4 is 28.3 Å². The molecular formula is C18H20N2O4. The number of hydrogen-bond donors (Lipinski definition) is 2. The van der Waals surface area contributed by atoms with Crippen LogP contribution in [0, 0.1) is 0 Å². The van der Waals surface area contributed by atoms with E-state index in [2.05, 4.69) is 5.32 Å². The van der Waals surface area contributed by atoms with Gasteiger partial charge in [-0.15, -0.1) is 0 Å². The van der Waals surface area contributed by atoms with Crippen molar-refractivity contribution in [3.8, 4) is 0 Å². The monoisotopic (exact) mass is 328 g/mol. The number of nitrogens with one attached hydrogen (secondary N) is 1. The number of carbonyl (C=O) groups is 2. The van der Waals surface area contributed by atoms with Gasteiger partial charge in [-0.25, -0.2) is 4.79 Å². The number of carbonyl (C=O) groups excluding carboxylic acids is 2. The molecular weight excluding hydrogens is 308 g/mol. The van der Waals surface area contributed by atoms with Crippen molar-refractivity contribution in [2.45, 2.75) is 18.9 Å². The Kier molecular flexibility index (Phi) is 4.96. The first-order valence-electron chi connectivity index (χ1n) is 7.98. The zero-order valence-electron chi connectivity index (χ0n) is 13.3. The van der Waals surface area contributed by atoms with Gasteiger partial charge in [0, 0.05) is 24.2 Å². The number of ether oxygens (including phenoxy) is 2. The van der Waals surface area contributed by atoms with Gasteiger partial charge in [0.15, 0.2) is 6.61 Å². The molecule has 0 aromatic heterocycles. The number of fused-ring (bicyclic) bond motifs is 1. The molecule has 0 saturated carbocycles. The van der Waals surface area contributed by atoms with E-state index in [1.54, 1.807) is 18.2 Å². The summed E-state index contributed by atoms with van der Waals surface area (Å²) in [4.78, 5) is 24.1. The van der Waals surface area contributed by atoms with Gasteiger partial charge in [-0.2, -0.15) is 0 Å². The lowest BCUT2D eigenvalue weighted by Gasteiger charge is -2.12. The van der Waals surface area contributed by atoms with Gasteiger partial charge >= 0.3 is 5.97 Å². The van der Waals surface area contributed by atoms with Crippen LogP contribution in [-0.4, -0.2) is 37.7 Å². The zero-order valence-corrected chi connectivity index (χ0v) is 13.3. The van der Waals surface area contributed by atoms with E-state index in [9.17, 15) is 9.59 Å². The molecule has 6 nitrogen and oxygen atoms in total. The SMILES string of the molecule is Nc1cccc2cccc(C(=O)OCC(=O)NCC3CCCO3)c12. The van der Waals surface area contributed by atoms with E-state index < -0.39 is 5.97 Å². The number of amides is 1. The molecule has 1 fully saturated rings. The van der Waals surface area contributed by atoms with Crippen LogP contribution < -0.4 is 11.1 Å².